The number of hydrogen-bond acceptors (Lipinski definition) is 1. The first-order valence-corrected chi connectivity index (χ1v) is 3.60. The van der Waals surface area contributed by atoms with Crippen LogP contribution in [0.5, 0.6) is 0 Å². The van der Waals surface area contributed by atoms with Crippen molar-refractivity contribution < 1.29 is 0 Å². The van der Waals surface area contributed by atoms with Gasteiger partial charge in [-0.1, -0.05) is 20.8 Å². The topological polar surface area (TPSA) is 26.0 Å². The third-order valence-electron chi connectivity index (χ3n) is 2.63. The highest BCUT2D eigenvalue weighted by molar-refractivity contribution is 7.59. The molecule has 0 radical (unpaired) electrons. The van der Waals surface area contributed by atoms with E-state index in [-0.39, 0.29) is 24.4 Å². The first-order chi connectivity index (χ1) is 3.81. The van der Waals surface area contributed by atoms with Crippen LogP contribution >= 0.6 is 13.5 Å². The zero-order chi connectivity index (χ0) is 7.71. The zero-order valence-electron chi connectivity index (χ0n) is 7.78. The molecule has 0 aromatic heterocycles. The molecule has 2 heteroatoms. The molecular weight excluding hydrogens is 142 g/mol. The fourth-order valence-corrected chi connectivity index (χ4v) is 0.456. The first kappa shape index (κ1) is 12.9. The van der Waals surface area contributed by atoms with E-state index in [1.807, 2.05) is 0 Å². The van der Waals surface area contributed by atoms with E-state index < -0.39 is 0 Å². The lowest BCUT2D eigenvalue weighted by Gasteiger charge is -2.37. The molecule has 2 N–H and O–H groups in total. The van der Waals surface area contributed by atoms with E-state index in [1.54, 1.807) is 0 Å². The molecule has 0 spiro atoms. The quantitative estimate of drug-likeness (QED) is 0.664. The molecule has 0 aliphatic heterocycles. The third-order valence-corrected chi connectivity index (χ3v) is 2.63. The van der Waals surface area contributed by atoms with Crippen LogP contribution in [0.2, 0.25) is 0 Å². The SMILES string of the molecule is CCC(C)(C)C(C)(C)N.S. The van der Waals surface area contributed by atoms with Crippen molar-refractivity contribution in [2.45, 2.75) is 46.6 Å². The van der Waals surface area contributed by atoms with Gasteiger partial charge in [0.15, 0.2) is 0 Å². The second-order valence-corrected chi connectivity index (χ2v) is 3.96. The molecule has 0 bridgehead atoms. The van der Waals surface area contributed by atoms with Gasteiger partial charge in [0.2, 0.25) is 0 Å². The van der Waals surface area contributed by atoms with Gasteiger partial charge in [-0.3, -0.25) is 0 Å². The molecule has 0 aromatic rings. The molecule has 0 unspecified atom stereocenters. The van der Waals surface area contributed by atoms with Crippen LogP contribution in [0, 0.1) is 5.41 Å². The first-order valence-electron chi connectivity index (χ1n) is 3.60. The van der Waals surface area contributed by atoms with Crippen molar-refractivity contribution in [2.75, 3.05) is 0 Å². The van der Waals surface area contributed by atoms with E-state index >= 15 is 0 Å². The molecule has 64 valence electrons. The summed E-state index contributed by atoms with van der Waals surface area (Å²) in [5, 5.41) is 0. The van der Waals surface area contributed by atoms with Crippen LogP contribution < -0.4 is 5.73 Å². The lowest BCUT2D eigenvalue weighted by atomic mass is 9.73. The number of nitrogens with two attached hydrogens (primary N) is 1. The maximum Gasteiger partial charge on any atom is 0.0148 e. The minimum atomic E-state index is -0.0538. The summed E-state index contributed by atoms with van der Waals surface area (Å²) in [7, 11) is 0. The summed E-state index contributed by atoms with van der Waals surface area (Å²) in [6.45, 7) is 10.7. The van der Waals surface area contributed by atoms with Crippen LogP contribution in [0.15, 0.2) is 0 Å². The average Bonchev–Trinajstić information content (AvgIpc) is 1.64. The minimum absolute atomic E-state index is 0. The van der Waals surface area contributed by atoms with E-state index in [2.05, 4.69) is 34.6 Å². The van der Waals surface area contributed by atoms with Gasteiger partial charge in [0, 0.05) is 5.54 Å². The van der Waals surface area contributed by atoms with Gasteiger partial charge in [-0.05, 0) is 25.7 Å². The molecule has 0 aromatic carbocycles. The summed E-state index contributed by atoms with van der Waals surface area (Å²) in [5.74, 6) is 0. The highest BCUT2D eigenvalue weighted by Gasteiger charge is 2.30. The van der Waals surface area contributed by atoms with Gasteiger partial charge in [-0.25, -0.2) is 0 Å². The lowest BCUT2D eigenvalue weighted by Crippen LogP contribution is -2.46. The molecule has 1 nitrogen and oxygen atoms in total. The Labute approximate surface area is 71.8 Å². The van der Waals surface area contributed by atoms with Crippen molar-refractivity contribution >= 4 is 13.5 Å². The molecule has 0 saturated heterocycles. The second kappa shape index (κ2) is 3.63. The average molecular weight is 163 g/mol. The second-order valence-electron chi connectivity index (χ2n) is 3.96. The molecule has 0 atom stereocenters. The number of rotatable bonds is 2. The van der Waals surface area contributed by atoms with Crippen LogP contribution in [0.3, 0.4) is 0 Å². The summed E-state index contributed by atoms with van der Waals surface area (Å²) in [4.78, 5) is 0. The molecule has 0 aliphatic rings. The van der Waals surface area contributed by atoms with E-state index in [4.69, 9.17) is 5.73 Å². The maximum atomic E-state index is 5.92. The Morgan fingerprint density at radius 1 is 1.10 bits per heavy atom. The molecule has 0 aliphatic carbocycles. The van der Waals surface area contributed by atoms with Gasteiger partial charge in [-0.2, -0.15) is 13.5 Å². The molecule has 0 amide bonds. The third kappa shape index (κ3) is 2.93. The molecular formula is C8H21NS. The van der Waals surface area contributed by atoms with Gasteiger partial charge >= 0.3 is 0 Å². The van der Waals surface area contributed by atoms with Crippen molar-refractivity contribution in [1.82, 2.24) is 0 Å². The standard InChI is InChI=1S/C8H19N.H2S/c1-6-7(2,3)8(4,5)9;/h6,9H2,1-5H3;1H2. The molecule has 0 fully saturated rings. The van der Waals surface area contributed by atoms with Crippen molar-refractivity contribution in [2.24, 2.45) is 11.1 Å². The van der Waals surface area contributed by atoms with Gasteiger partial charge < -0.3 is 5.73 Å². The normalized spacial score (nSPS) is 12.6. The number of hydrogen-bond donors (Lipinski definition) is 1. The Morgan fingerprint density at radius 2 is 1.40 bits per heavy atom. The van der Waals surface area contributed by atoms with Crippen molar-refractivity contribution in [1.29, 1.82) is 0 Å². The Balaban J connectivity index is 0. The van der Waals surface area contributed by atoms with Gasteiger partial charge in [-0.15, -0.1) is 0 Å². The smallest absolute Gasteiger partial charge is 0.0148 e. The van der Waals surface area contributed by atoms with Crippen LogP contribution in [-0.4, -0.2) is 5.54 Å². The van der Waals surface area contributed by atoms with Crippen molar-refractivity contribution in [3.63, 3.8) is 0 Å². The van der Waals surface area contributed by atoms with Gasteiger partial charge in [0.05, 0.1) is 0 Å². The molecule has 0 heterocycles. The molecule has 10 heavy (non-hydrogen) atoms. The predicted molar refractivity (Wildman–Crippen MR) is 52.7 cm³/mol. The Kier molecular flexibility index (Phi) is 4.70. The molecule has 0 saturated carbocycles. The fraction of sp³-hybridized carbons (Fsp3) is 1.00. The fourth-order valence-electron chi connectivity index (χ4n) is 0.456. The summed E-state index contributed by atoms with van der Waals surface area (Å²) in [5.41, 5.74) is 6.13. The minimum Gasteiger partial charge on any atom is -0.325 e. The monoisotopic (exact) mass is 163 g/mol. The van der Waals surface area contributed by atoms with Crippen LogP contribution in [0.25, 0.3) is 0 Å². The van der Waals surface area contributed by atoms with E-state index in [1.165, 1.54) is 0 Å². The van der Waals surface area contributed by atoms with Crippen molar-refractivity contribution in [3.8, 4) is 0 Å². The summed E-state index contributed by atoms with van der Waals surface area (Å²) in [6.07, 6.45) is 1.14. The predicted octanol–water partition coefficient (Wildman–Crippen LogP) is 2.27. The van der Waals surface area contributed by atoms with Crippen LogP contribution in [0.1, 0.15) is 41.0 Å². The van der Waals surface area contributed by atoms with Crippen LogP contribution in [-0.2, 0) is 0 Å². The summed E-state index contributed by atoms with van der Waals surface area (Å²) < 4.78 is 0. The van der Waals surface area contributed by atoms with Gasteiger partial charge in [0.1, 0.15) is 0 Å². The Hall–Kier alpha value is 0.310. The largest absolute Gasteiger partial charge is 0.325 e. The Morgan fingerprint density at radius 3 is 1.40 bits per heavy atom. The molecule has 0 rings (SSSR count). The highest BCUT2D eigenvalue weighted by Crippen LogP contribution is 2.30. The zero-order valence-corrected chi connectivity index (χ0v) is 8.78. The van der Waals surface area contributed by atoms with E-state index in [0.717, 1.165) is 6.42 Å². The Bertz CT molecular complexity index is 91.9. The lowest BCUT2D eigenvalue weighted by molar-refractivity contribution is 0.194. The van der Waals surface area contributed by atoms with E-state index in [0.29, 0.717) is 0 Å². The summed E-state index contributed by atoms with van der Waals surface area (Å²) >= 11 is 0. The highest BCUT2D eigenvalue weighted by atomic mass is 32.1. The maximum absolute atomic E-state index is 5.92. The van der Waals surface area contributed by atoms with Crippen molar-refractivity contribution in [3.05, 3.63) is 0 Å². The summed E-state index contributed by atoms with van der Waals surface area (Å²) in [6, 6.07) is 0. The van der Waals surface area contributed by atoms with Gasteiger partial charge in [0.25, 0.3) is 0 Å². The van der Waals surface area contributed by atoms with Crippen LogP contribution in [0.4, 0.5) is 0 Å². The van der Waals surface area contributed by atoms with E-state index in [9.17, 15) is 0 Å².